The molecule has 150 valence electrons. The van der Waals surface area contributed by atoms with Crippen LogP contribution in [0.3, 0.4) is 0 Å². The summed E-state index contributed by atoms with van der Waals surface area (Å²) in [6, 6.07) is 7.72. The molecule has 8 nitrogen and oxygen atoms in total. The number of carbonyl (C=O) groups excluding carboxylic acids is 2. The quantitative estimate of drug-likeness (QED) is 0.705. The fourth-order valence-electron chi connectivity index (χ4n) is 3.06. The minimum absolute atomic E-state index is 0.0962. The van der Waals surface area contributed by atoms with E-state index in [1.807, 2.05) is 31.2 Å². The minimum Gasteiger partial charge on any atom is -0.383 e. The number of rotatable bonds is 7. The largest absolute Gasteiger partial charge is 0.383 e. The average molecular weight is 397 g/mol. The van der Waals surface area contributed by atoms with Gasteiger partial charge < -0.3 is 15.0 Å². The number of amides is 2. The molecule has 0 aliphatic carbocycles. The second-order valence-corrected chi connectivity index (χ2v) is 8.99. The third-order valence-electron chi connectivity index (χ3n) is 4.74. The highest BCUT2D eigenvalue weighted by Gasteiger charge is 2.49. The van der Waals surface area contributed by atoms with E-state index in [1.165, 1.54) is 12.0 Å². The third kappa shape index (κ3) is 5.06. The first-order chi connectivity index (χ1) is 12.6. The topological polar surface area (TPSA) is 96.0 Å². The number of benzene rings is 1. The molecular formula is C18H27N3O5S. The van der Waals surface area contributed by atoms with Crippen LogP contribution in [0.5, 0.6) is 0 Å². The van der Waals surface area contributed by atoms with Crippen LogP contribution in [0, 0.1) is 6.92 Å². The molecule has 1 saturated heterocycles. The van der Waals surface area contributed by atoms with Crippen LogP contribution >= 0.6 is 0 Å². The standard InChI is InChI=1S/C18H27N3O5S/c1-14-5-7-15(8-6-14)11-19-17(23)18(2)13-20(27(4,24)25)12-16(22)21(18)9-10-26-3/h5-8H,9-13H2,1-4H3,(H,19,23)/t18-/m0/s1. The Morgan fingerprint density at radius 3 is 2.48 bits per heavy atom. The molecule has 0 aromatic heterocycles. The maximum absolute atomic E-state index is 13.0. The lowest BCUT2D eigenvalue weighted by Gasteiger charge is -2.46. The molecule has 0 radical (unpaired) electrons. The number of hydrogen-bond acceptors (Lipinski definition) is 5. The van der Waals surface area contributed by atoms with E-state index >= 15 is 0 Å². The van der Waals surface area contributed by atoms with Crippen LogP contribution in [-0.2, 0) is 30.9 Å². The van der Waals surface area contributed by atoms with Crippen molar-refractivity contribution in [3.8, 4) is 0 Å². The predicted molar refractivity (Wildman–Crippen MR) is 101 cm³/mol. The number of nitrogens with zero attached hydrogens (tertiary/aromatic N) is 2. The Labute approximate surface area is 160 Å². The molecule has 1 aliphatic rings. The van der Waals surface area contributed by atoms with Gasteiger partial charge in [0.05, 0.1) is 19.4 Å². The Hall–Kier alpha value is -1.97. The van der Waals surface area contributed by atoms with Gasteiger partial charge in [-0.15, -0.1) is 0 Å². The van der Waals surface area contributed by atoms with E-state index in [2.05, 4.69) is 5.32 Å². The zero-order valence-corrected chi connectivity index (χ0v) is 17.0. The normalized spacial score (nSPS) is 21.3. The van der Waals surface area contributed by atoms with E-state index in [1.54, 1.807) is 6.92 Å². The molecule has 1 atom stereocenters. The fourth-order valence-corrected chi connectivity index (χ4v) is 3.89. The molecule has 1 aromatic rings. The highest BCUT2D eigenvalue weighted by Crippen LogP contribution is 2.24. The van der Waals surface area contributed by atoms with Gasteiger partial charge in [-0.25, -0.2) is 8.42 Å². The van der Waals surface area contributed by atoms with E-state index in [4.69, 9.17) is 4.74 Å². The van der Waals surface area contributed by atoms with Crippen LogP contribution < -0.4 is 5.32 Å². The molecule has 2 amide bonds. The van der Waals surface area contributed by atoms with Crippen molar-refractivity contribution in [3.05, 3.63) is 35.4 Å². The van der Waals surface area contributed by atoms with Gasteiger partial charge in [0.25, 0.3) is 0 Å². The van der Waals surface area contributed by atoms with Crippen LogP contribution in [0.15, 0.2) is 24.3 Å². The second-order valence-electron chi connectivity index (χ2n) is 7.01. The van der Waals surface area contributed by atoms with Gasteiger partial charge in [-0.3, -0.25) is 9.59 Å². The second kappa shape index (κ2) is 8.37. The predicted octanol–water partition coefficient (Wildman–Crippen LogP) is 0.120. The average Bonchev–Trinajstić information content (AvgIpc) is 2.59. The van der Waals surface area contributed by atoms with Gasteiger partial charge in [-0.05, 0) is 19.4 Å². The first-order valence-electron chi connectivity index (χ1n) is 8.66. The number of sulfonamides is 1. The van der Waals surface area contributed by atoms with Crippen LogP contribution in [-0.4, -0.2) is 74.6 Å². The van der Waals surface area contributed by atoms with Crippen LogP contribution in [0.4, 0.5) is 0 Å². The monoisotopic (exact) mass is 397 g/mol. The summed E-state index contributed by atoms with van der Waals surface area (Å²) in [4.78, 5) is 27.0. The molecule has 1 aromatic carbocycles. The van der Waals surface area contributed by atoms with Crippen molar-refractivity contribution in [2.24, 2.45) is 0 Å². The van der Waals surface area contributed by atoms with Crippen molar-refractivity contribution in [1.29, 1.82) is 0 Å². The first kappa shape index (κ1) is 21.3. The Morgan fingerprint density at radius 1 is 1.30 bits per heavy atom. The highest BCUT2D eigenvalue weighted by molar-refractivity contribution is 7.88. The summed E-state index contributed by atoms with van der Waals surface area (Å²) in [6.45, 7) is 3.95. The molecule has 0 saturated carbocycles. The van der Waals surface area contributed by atoms with E-state index in [0.29, 0.717) is 6.54 Å². The third-order valence-corrected chi connectivity index (χ3v) is 5.94. The Bertz CT molecular complexity index is 794. The maximum atomic E-state index is 13.0. The molecule has 1 N–H and O–H groups in total. The van der Waals surface area contributed by atoms with Crippen molar-refractivity contribution in [2.75, 3.05) is 39.6 Å². The van der Waals surface area contributed by atoms with Gasteiger partial charge >= 0.3 is 0 Å². The number of aryl methyl sites for hydroxylation is 1. The van der Waals surface area contributed by atoms with Crippen molar-refractivity contribution in [3.63, 3.8) is 0 Å². The highest BCUT2D eigenvalue weighted by atomic mass is 32.2. The van der Waals surface area contributed by atoms with Crippen LogP contribution in [0.1, 0.15) is 18.1 Å². The Balaban J connectivity index is 2.22. The summed E-state index contributed by atoms with van der Waals surface area (Å²) in [5.41, 5.74) is 0.717. The smallest absolute Gasteiger partial charge is 0.247 e. The number of nitrogens with one attached hydrogen (secondary N) is 1. The van der Waals surface area contributed by atoms with Crippen LogP contribution in [0.2, 0.25) is 0 Å². The zero-order chi connectivity index (χ0) is 20.2. The van der Waals surface area contributed by atoms with Crippen molar-refractivity contribution in [2.45, 2.75) is 25.9 Å². The number of piperazine rings is 1. The fraction of sp³-hybridized carbons (Fsp3) is 0.556. The van der Waals surface area contributed by atoms with E-state index in [-0.39, 0.29) is 26.2 Å². The molecule has 2 rings (SSSR count). The number of carbonyl (C=O) groups is 2. The van der Waals surface area contributed by atoms with Gasteiger partial charge in [-0.1, -0.05) is 29.8 Å². The molecule has 1 heterocycles. The lowest BCUT2D eigenvalue weighted by molar-refractivity contribution is -0.153. The zero-order valence-electron chi connectivity index (χ0n) is 16.2. The summed E-state index contributed by atoms with van der Waals surface area (Å²) in [6.07, 6.45) is 1.04. The van der Waals surface area contributed by atoms with Crippen molar-refractivity contribution in [1.82, 2.24) is 14.5 Å². The van der Waals surface area contributed by atoms with E-state index < -0.39 is 27.4 Å². The number of methoxy groups -OCH3 is 1. The molecule has 1 fully saturated rings. The molecule has 1 aliphatic heterocycles. The summed E-state index contributed by atoms with van der Waals surface area (Å²) >= 11 is 0. The van der Waals surface area contributed by atoms with Crippen molar-refractivity contribution < 1.29 is 22.7 Å². The van der Waals surface area contributed by atoms with Gasteiger partial charge in [0.2, 0.25) is 21.8 Å². The van der Waals surface area contributed by atoms with Gasteiger partial charge in [0.15, 0.2) is 0 Å². The summed E-state index contributed by atoms with van der Waals surface area (Å²) in [5, 5.41) is 2.83. The molecule has 0 unspecified atom stereocenters. The summed E-state index contributed by atoms with van der Waals surface area (Å²) in [7, 11) is -2.10. The van der Waals surface area contributed by atoms with E-state index in [9.17, 15) is 18.0 Å². The number of hydrogen-bond donors (Lipinski definition) is 1. The summed E-state index contributed by atoms with van der Waals surface area (Å²) < 4.78 is 30.0. The Kier molecular flexibility index (Phi) is 6.61. The molecular weight excluding hydrogens is 370 g/mol. The molecule has 0 spiro atoms. The van der Waals surface area contributed by atoms with E-state index in [0.717, 1.165) is 21.7 Å². The summed E-state index contributed by atoms with van der Waals surface area (Å²) in [5.74, 6) is -0.822. The molecule has 9 heteroatoms. The number of ether oxygens (including phenoxy) is 1. The lowest BCUT2D eigenvalue weighted by atomic mass is 9.95. The lowest BCUT2D eigenvalue weighted by Crippen LogP contribution is -2.70. The van der Waals surface area contributed by atoms with Crippen molar-refractivity contribution >= 4 is 21.8 Å². The van der Waals surface area contributed by atoms with Gasteiger partial charge in [-0.2, -0.15) is 4.31 Å². The molecule has 0 bridgehead atoms. The Morgan fingerprint density at radius 2 is 1.93 bits per heavy atom. The van der Waals surface area contributed by atoms with Crippen LogP contribution in [0.25, 0.3) is 0 Å². The van der Waals surface area contributed by atoms with Gasteiger partial charge in [0.1, 0.15) is 5.54 Å². The maximum Gasteiger partial charge on any atom is 0.247 e. The molecule has 27 heavy (non-hydrogen) atoms. The first-order valence-corrected chi connectivity index (χ1v) is 10.5. The SMILES string of the molecule is COCCN1C(=O)CN(S(C)(=O)=O)C[C@@]1(C)C(=O)NCc1ccc(C)cc1. The van der Waals surface area contributed by atoms with Gasteiger partial charge in [0, 0.05) is 26.7 Å². The minimum atomic E-state index is -3.60.